The van der Waals surface area contributed by atoms with Crippen molar-refractivity contribution in [2.24, 2.45) is 11.1 Å². The van der Waals surface area contributed by atoms with E-state index in [-0.39, 0.29) is 127 Å². The number of thioether (sulfide) groups is 1. The zero-order valence-corrected chi connectivity index (χ0v) is 44.5. The zero-order chi connectivity index (χ0) is 56.3. The number of hydrogen-bond acceptors (Lipinski definition) is 14. The van der Waals surface area contributed by atoms with Crippen LogP contribution < -0.4 is 21.7 Å². The van der Waals surface area contributed by atoms with Crippen LogP contribution in [0.2, 0.25) is 0 Å². The molecule has 77 heavy (non-hydrogen) atoms. The number of nitrogens with two attached hydrogens (primary N) is 1. The van der Waals surface area contributed by atoms with Crippen LogP contribution in [0.4, 0.5) is 8.78 Å². The lowest BCUT2D eigenvalue weighted by Gasteiger charge is -2.41. The number of carbonyl (C=O) groups excluding carboxylic acids is 6. The molecule has 0 radical (unpaired) electrons. The third-order valence-electron chi connectivity index (χ3n) is 11.7. The zero-order valence-electron chi connectivity index (χ0n) is 43.7. The summed E-state index contributed by atoms with van der Waals surface area (Å²) >= 11 is 0.951. The van der Waals surface area contributed by atoms with Crippen LogP contribution in [-0.2, 0) is 63.8 Å². The highest BCUT2D eigenvalue weighted by Gasteiger charge is 2.37. The summed E-state index contributed by atoms with van der Waals surface area (Å²) in [7, 11) is 0. The maximum absolute atomic E-state index is 15.2. The van der Waals surface area contributed by atoms with Crippen molar-refractivity contribution in [3.05, 3.63) is 95.8 Å². The largest absolute Gasteiger partial charge is 0.481 e. The average Bonchev–Trinajstić information content (AvgIpc) is 3.97. The van der Waals surface area contributed by atoms with Crippen LogP contribution >= 0.6 is 11.8 Å². The first-order valence-electron chi connectivity index (χ1n) is 25.2. The first kappa shape index (κ1) is 63.0. The fourth-order valence-electron chi connectivity index (χ4n) is 8.01. The molecule has 0 fully saturated rings. The van der Waals surface area contributed by atoms with E-state index in [0.717, 1.165) is 52.6 Å². The lowest BCUT2D eigenvalue weighted by molar-refractivity contribution is -0.142. The second-order valence-electron chi connectivity index (χ2n) is 18.8. The van der Waals surface area contributed by atoms with E-state index in [1.54, 1.807) is 17.2 Å². The molecule has 422 valence electrons. The Morgan fingerprint density at radius 3 is 2.03 bits per heavy atom. The summed E-state index contributed by atoms with van der Waals surface area (Å²) in [6, 6.07) is 10.9. The second-order valence-corrected chi connectivity index (χ2v) is 19.8. The SMILES string of the molecule is CC(C)(C)C(c1cc(-c2cc(F)ccc2F)cn1Cc1ccccc1)N(CCCN)C(=O)CSC[C@H](NC(=O)[C@H](CCC(=O)O)NC(=O)CCOCCOCCOCCOCCNC(=O)CCN1C(=O)C=CC1=O)C(=O)O. The number of carboxylic acids is 2. The van der Waals surface area contributed by atoms with Gasteiger partial charge in [0.25, 0.3) is 11.8 Å². The smallest absolute Gasteiger partial charge is 0.327 e. The summed E-state index contributed by atoms with van der Waals surface area (Å²) in [5, 5.41) is 27.0. The Kier molecular flexibility index (Phi) is 26.9. The number of halogens is 2. The highest BCUT2D eigenvalue weighted by Crippen LogP contribution is 2.41. The predicted molar refractivity (Wildman–Crippen MR) is 280 cm³/mol. The van der Waals surface area contributed by atoms with Crippen molar-refractivity contribution in [2.75, 3.05) is 90.5 Å². The number of rotatable bonds is 37. The van der Waals surface area contributed by atoms with Crippen molar-refractivity contribution >= 4 is 59.1 Å². The highest BCUT2D eigenvalue weighted by atomic mass is 32.2. The number of imide groups is 1. The topological polar surface area (TPSA) is 287 Å². The summed E-state index contributed by atoms with van der Waals surface area (Å²) in [6.45, 7) is 8.37. The second kappa shape index (κ2) is 32.9. The molecule has 0 spiro atoms. The van der Waals surface area contributed by atoms with Crippen LogP contribution in [0.25, 0.3) is 11.1 Å². The van der Waals surface area contributed by atoms with Crippen molar-refractivity contribution in [1.82, 2.24) is 30.3 Å². The van der Waals surface area contributed by atoms with Gasteiger partial charge >= 0.3 is 11.9 Å². The number of aliphatic carboxylic acids is 2. The minimum Gasteiger partial charge on any atom is -0.481 e. The molecule has 0 saturated heterocycles. The maximum Gasteiger partial charge on any atom is 0.327 e. The van der Waals surface area contributed by atoms with E-state index < -0.39 is 77.2 Å². The Hall–Kier alpha value is -6.57. The van der Waals surface area contributed by atoms with Crippen molar-refractivity contribution in [2.45, 2.75) is 77.5 Å². The van der Waals surface area contributed by atoms with Gasteiger partial charge in [0, 0.05) is 86.4 Å². The molecule has 1 aliphatic rings. The van der Waals surface area contributed by atoms with E-state index in [2.05, 4.69) is 16.0 Å². The summed E-state index contributed by atoms with van der Waals surface area (Å²) in [6.07, 6.45) is 3.36. The summed E-state index contributed by atoms with van der Waals surface area (Å²) in [5.74, 6) is -7.60. The molecule has 7 N–H and O–H groups in total. The van der Waals surface area contributed by atoms with E-state index in [4.69, 9.17) is 24.7 Å². The van der Waals surface area contributed by atoms with Crippen molar-refractivity contribution in [3.8, 4) is 11.1 Å². The molecule has 4 rings (SSSR count). The van der Waals surface area contributed by atoms with Gasteiger partial charge in [-0.05, 0) is 54.6 Å². The Morgan fingerprint density at radius 2 is 1.42 bits per heavy atom. The molecule has 3 aromatic rings. The Labute approximate surface area is 450 Å². The number of ether oxygens (including phenoxy) is 4. The Balaban J connectivity index is 1.22. The number of carbonyl (C=O) groups is 8. The molecule has 1 unspecified atom stereocenters. The molecule has 2 aromatic carbocycles. The molecule has 0 saturated carbocycles. The molecule has 0 aliphatic carbocycles. The first-order chi connectivity index (χ1) is 36.8. The normalized spacial score (nSPS) is 13.6. The molecule has 1 aromatic heterocycles. The minimum absolute atomic E-state index is 0.00364. The fourth-order valence-corrected chi connectivity index (χ4v) is 8.93. The van der Waals surface area contributed by atoms with Crippen molar-refractivity contribution in [1.29, 1.82) is 0 Å². The molecule has 6 amide bonds. The highest BCUT2D eigenvalue weighted by molar-refractivity contribution is 8.00. The maximum atomic E-state index is 15.2. The van der Waals surface area contributed by atoms with E-state index in [1.165, 1.54) is 0 Å². The molecule has 3 atom stereocenters. The van der Waals surface area contributed by atoms with Gasteiger partial charge in [0.2, 0.25) is 23.6 Å². The fraction of sp³-hybridized carbons (Fsp3) is 0.509. The standard InChI is InChI=1S/C53H71F2N7O14S/c1-53(2,3)50(43-30-37(39-31-38(54)10-11-40(39)55)33-60(43)32-36-8-5-4-6-9-36)62(20-7-18-56)48(67)35-77-34-42(52(71)72)59-51(70)41(12-15-49(68)69)58-45(64)17-22-73-24-26-75-28-29-76-27-25-74-23-19-57-44(63)16-21-61-46(65)13-14-47(61)66/h4-6,8-11,13-14,30-31,33,41-42,50H,7,12,15-29,32,34-35,56H2,1-3H3,(H,57,63)(H,58,64)(H,59,70)(H,68,69)(H,71,72)/t41-,42-,50?/m0/s1. The number of aromatic nitrogens is 1. The van der Waals surface area contributed by atoms with Crippen molar-refractivity contribution in [3.63, 3.8) is 0 Å². The van der Waals surface area contributed by atoms with Crippen molar-refractivity contribution < 1.29 is 76.3 Å². The molecule has 24 heteroatoms. The lowest BCUT2D eigenvalue weighted by Crippen LogP contribution is -2.52. The summed E-state index contributed by atoms with van der Waals surface area (Å²) < 4.78 is 53.3. The van der Waals surface area contributed by atoms with E-state index >= 15 is 4.39 Å². The molecule has 0 bridgehead atoms. The van der Waals surface area contributed by atoms with Gasteiger partial charge in [0.05, 0.1) is 64.6 Å². The van der Waals surface area contributed by atoms with Crippen LogP contribution in [0.15, 0.2) is 72.9 Å². The third-order valence-corrected chi connectivity index (χ3v) is 12.8. The van der Waals surface area contributed by atoms with Gasteiger partial charge in [-0.15, -0.1) is 11.8 Å². The lowest BCUT2D eigenvalue weighted by atomic mass is 9.83. The van der Waals surface area contributed by atoms with Crippen LogP contribution in [0.1, 0.15) is 70.2 Å². The number of nitrogens with zero attached hydrogens (tertiary/aromatic N) is 3. The molecule has 2 heterocycles. The first-order valence-corrected chi connectivity index (χ1v) is 26.4. The quantitative estimate of drug-likeness (QED) is 0.0357. The number of nitrogens with one attached hydrogen (secondary N) is 3. The Bertz CT molecular complexity index is 2460. The van der Waals surface area contributed by atoms with Crippen LogP contribution in [0.5, 0.6) is 0 Å². The molecule has 21 nitrogen and oxygen atoms in total. The Morgan fingerprint density at radius 1 is 0.779 bits per heavy atom. The minimum atomic E-state index is -1.54. The van der Waals surface area contributed by atoms with Crippen LogP contribution in [-0.4, -0.2) is 175 Å². The van der Waals surface area contributed by atoms with E-state index in [0.29, 0.717) is 24.2 Å². The van der Waals surface area contributed by atoms with Crippen LogP contribution in [0, 0.1) is 17.0 Å². The monoisotopic (exact) mass is 1100 g/mol. The summed E-state index contributed by atoms with van der Waals surface area (Å²) in [5.41, 5.74) is 7.33. The van der Waals surface area contributed by atoms with Gasteiger partial charge < -0.3 is 60.3 Å². The number of hydrogen-bond donors (Lipinski definition) is 6. The van der Waals surface area contributed by atoms with Gasteiger partial charge in [0.15, 0.2) is 0 Å². The van der Waals surface area contributed by atoms with E-state index in [9.17, 15) is 53.0 Å². The van der Waals surface area contributed by atoms with E-state index in [1.807, 2.05) is 55.7 Å². The average molecular weight is 1100 g/mol. The van der Waals surface area contributed by atoms with Crippen LogP contribution in [0.3, 0.4) is 0 Å². The molecular weight excluding hydrogens is 1030 g/mol. The summed E-state index contributed by atoms with van der Waals surface area (Å²) in [4.78, 5) is 102. The van der Waals surface area contributed by atoms with Gasteiger partial charge in [-0.1, -0.05) is 51.1 Å². The van der Waals surface area contributed by atoms with Gasteiger partial charge in [-0.2, -0.15) is 0 Å². The number of benzene rings is 2. The van der Waals surface area contributed by atoms with Gasteiger partial charge in [-0.25, -0.2) is 13.6 Å². The van der Waals surface area contributed by atoms with Gasteiger partial charge in [0.1, 0.15) is 23.7 Å². The number of amides is 6. The third kappa shape index (κ3) is 22.1. The predicted octanol–water partition coefficient (Wildman–Crippen LogP) is 3.29. The molecular formula is C53H71F2N7O14S. The molecule has 1 aliphatic heterocycles. The number of carboxylic acid groups (broad SMARTS) is 2. The van der Waals surface area contributed by atoms with Gasteiger partial charge in [-0.3, -0.25) is 38.5 Å².